The summed E-state index contributed by atoms with van der Waals surface area (Å²) in [7, 11) is 0. The Morgan fingerprint density at radius 3 is 2.59 bits per heavy atom. The first kappa shape index (κ1) is 12.6. The van der Waals surface area contributed by atoms with E-state index in [1.165, 1.54) is 10.4 Å². The lowest BCUT2D eigenvalue weighted by Crippen LogP contribution is -2.21. The van der Waals surface area contributed by atoms with Crippen LogP contribution in [0, 0.1) is 0 Å². The summed E-state index contributed by atoms with van der Waals surface area (Å²) in [5, 5.41) is 6.48. The SMILES string of the molecule is CC(N[C@@H](C)c1cccs1)c1cccc(Cl)c1. The van der Waals surface area contributed by atoms with Crippen molar-refractivity contribution in [2.75, 3.05) is 0 Å². The standard InChI is InChI=1S/C14H16ClNS/c1-10(12-5-3-6-13(15)9-12)16-11(2)14-7-4-8-17-14/h3-11,16H,1-2H3/t10?,11-/m0/s1. The van der Waals surface area contributed by atoms with E-state index in [1.54, 1.807) is 11.3 Å². The van der Waals surface area contributed by atoms with E-state index in [2.05, 4.69) is 42.7 Å². The molecule has 0 spiro atoms. The summed E-state index contributed by atoms with van der Waals surface area (Å²) >= 11 is 7.78. The first-order chi connectivity index (χ1) is 8.16. The first-order valence-corrected chi connectivity index (χ1v) is 6.97. The van der Waals surface area contributed by atoms with Crippen LogP contribution in [0.15, 0.2) is 41.8 Å². The molecule has 0 saturated carbocycles. The zero-order valence-corrected chi connectivity index (χ0v) is 11.6. The van der Waals surface area contributed by atoms with Gasteiger partial charge in [0, 0.05) is 22.0 Å². The predicted octanol–water partition coefficient (Wildman–Crippen LogP) is 4.81. The molecule has 90 valence electrons. The second kappa shape index (κ2) is 5.67. The molecule has 0 aliphatic carbocycles. The highest BCUT2D eigenvalue weighted by molar-refractivity contribution is 7.10. The Morgan fingerprint density at radius 1 is 1.12 bits per heavy atom. The van der Waals surface area contributed by atoms with E-state index >= 15 is 0 Å². The third-order valence-corrected chi connectivity index (χ3v) is 4.11. The Labute approximate surface area is 111 Å². The highest BCUT2D eigenvalue weighted by Gasteiger charge is 2.11. The minimum absolute atomic E-state index is 0.297. The van der Waals surface area contributed by atoms with Crippen LogP contribution in [0.5, 0.6) is 0 Å². The van der Waals surface area contributed by atoms with Gasteiger partial charge >= 0.3 is 0 Å². The molecule has 0 fully saturated rings. The van der Waals surface area contributed by atoms with Crippen LogP contribution < -0.4 is 5.32 Å². The maximum atomic E-state index is 6.00. The summed E-state index contributed by atoms with van der Waals surface area (Å²) in [6, 6.07) is 12.9. The van der Waals surface area contributed by atoms with Crippen LogP contribution in [0.4, 0.5) is 0 Å². The maximum absolute atomic E-state index is 6.00. The van der Waals surface area contributed by atoms with Gasteiger partial charge in [-0.2, -0.15) is 0 Å². The van der Waals surface area contributed by atoms with Crippen LogP contribution in [0.25, 0.3) is 0 Å². The van der Waals surface area contributed by atoms with Gasteiger partial charge in [0.1, 0.15) is 0 Å². The fourth-order valence-electron chi connectivity index (χ4n) is 1.87. The van der Waals surface area contributed by atoms with Crippen LogP contribution in [-0.4, -0.2) is 0 Å². The van der Waals surface area contributed by atoms with E-state index in [4.69, 9.17) is 11.6 Å². The second-order valence-corrected chi connectivity index (χ2v) is 5.60. The molecule has 3 heteroatoms. The third kappa shape index (κ3) is 3.32. The highest BCUT2D eigenvalue weighted by atomic mass is 35.5. The molecule has 1 aromatic heterocycles. The Hall–Kier alpha value is -0.830. The summed E-state index contributed by atoms with van der Waals surface area (Å²) in [5.41, 5.74) is 1.22. The predicted molar refractivity (Wildman–Crippen MR) is 75.7 cm³/mol. The Balaban J connectivity index is 2.04. The number of hydrogen-bond acceptors (Lipinski definition) is 2. The molecule has 1 unspecified atom stereocenters. The Kier molecular flexibility index (Phi) is 4.21. The number of benzene rings is 1. The smallest absolute Gasteiger partial charge is 0.0409 e. The quantitative estimate of drug-likeness (QED) is 0.836. The van der Waals surface area contributed by atoms with Gasteiger partial charge in [-0.05, 0) is 43.0 Å². The number of nitrogens with one attached hydrogen (secondary N) is 1. The van der Waals surface area contributed by atoms with Gasteiger partial charge in [0.15, 0.2) is 0 Å². The first-order valence-electron chi connectivity index (χ1n) is 5.71. The number of rotatable bonds is 4. The molecular weight excluding hydrogens is 250 g/mol. The van der Waals surface area contributed by atoms with E-state index in [9.17, 15) is 0 Å². The van der Waals surface area contributed by atoms with Gasteiger partial charge in [-0.3, -0.25) is 0 Å². The van der Waals surface area contributed by atoms with Gasteiger partial charge < -0.3 is 5.32 Å². The maximum Gasteiger partial charge on any atom is 0.0409 e. The molecule has 0 radical (unpaired) electrons. The monoisotopic (exact) mass is 265 g/mol. The number of thiophene rings is 1. The molecule has 1 heterocycles. The molecule has 0 aliphatic heterocycles. The van der Waals surface area contributed by atoms with E-state index in [0.29, 0.717) is 12.1 Å². The van der Waals surface area contributed by atoms with Crippen molar-refractivity contribution in [3.63, 3.8) is 0 Å². The van der Waals surface area contributed by atoms with E-state index < -0.39 is 0 Å². The lowest BCUT2D eigenvalue weighted by atomic mass is 10.1. The van der Waals surface area contributed by atoms with Crippen molar-refractivity contribution in [3.8, 4) is 0 Å². The van der Waals surface area contributed by atoms with Crippen molar-refractivity contribution in [3.05, 3.63) is 57.2 Å². The molecule has 0 aliphatic rings. The van der Waals surface area contributed by atoms with Crippen molar-refractivity contribution < 1.29 is 0 Å². The van der Waals surface area contributed by atoms with Crippen LogP contribution in [0.1, 0.15) is 36.4 Å². The van der Waals surface area contributed by atoms with Crippen molar-refractivity contribution in [2.24, 2.45) is 0 Å². The Morgan fingerprint density at radius 2 is 1.94 bits per heavy atom. The molecular formula is C14H16ClNS. The molecule has 2 atom stereocenters. The summed E-state index contributed by atoms with van der Waals surface area (Å²) in [5.74, 6) is 0. The largest absolute Gasteiger partial charge is 0.303 e. The van der Waals surface area contributed by atoms with Crippen molar-refractivity contribution in [1.29, 1.82) is 0 Å². The van der Waals surface area contributed by atoms with Crippen molar-refractivity contribution in [1.82, 2.24) is 5.32 Å². The topological polar surface area (TPSA) is 12.0 Å². The average molecular weight is 266 g/mol. The zero-order valence-electron chi connectivity index (χ0n) is 9.98. The molecule has 2 aromatic rings. The number of hydrogen-bond donors (Lipinski definition) is 1. The second-order valence-electron chi connectivity index (χ2n) is 4.18. The minimum atomic E-state index is 0.297. The summed E-state index contributed by atoms with van der Waals surface area (Å²) < 4.78 is 0. The lowest BCUT2D eigenvalue weighted by molar-refractivity contribution is 0.500. The fraction of sp³-hybridized carbons (Fsp3) is 0.286. The molecule has 2 rings (SSSR count). The van der Waals surface area contributed by atoms with Gasteiger partial charge in [0.05, 0.1) is 0 Å². The van der Waals surface area contributed by atoms with Crippen LogP contribution in [0.2, 0.25) is 5.02 Å². The van der Waals surface area contributed by atoms with Gasteiger partial charge in [-0.25, -0.2) is 0 Å². The molecule has 0 bridgehead atoms. The average Bonchev–Trinajstić information content (AvgIpc) is 2.82. The number of halogens is 1. The molecule has 0 saturated heterocycles. The van der Waals surface area contributed by atoms with Crippen molar-refractivity contribution in [2.45, 2.75) is 25.9 Å². The lowest BCUT2D eigenvalue weighted by Gasteiger charge is -2.19. The normalized spacial score (nSPS) is 14.5. The van der Waals surface area contributed by atoms with Crippen LogP contribution in [-0.2, 0) is 0 Å². The summed E-state index contributed by atoms with van der Waals surface area (Å²) in [4.78, 5) is 1.36. The summed E-state index contributed by atoms with van der Waals surface area (Å²) in [6.07, 6.45) is 0. The van der Waals surface area contributed by atoms with Gasteiger partial charge in [0.2, 0.25) is 0 Å². The van der Waals surface area contributed by atoms with Gasteiger partial charge in [-0.15, -0.1) is 11.3 Å². The molecule has 0 amide bonds. The van der Waals surface area contributed by atoms with Crippen molar-refractivity contribution >= 4 is 22.9 Å². The third-order valence-electron chi connectivity index (χ3n) is 2.82. The molecule has 17 heavy (non-hydrogen) atoms. The fourth-order valence-corrected chi connectivity index (χ4v) is 2.81. The highest BCUT2D eigenvalue weighted by Crippen LogP contribution is 2.23. The molecule has 1 N–H and O–H groups in total. The van der Waals surface area contributed by atoms with Gasteiger partial charge in [-0.1, -0.05) is 29.8 Å². The van der Waals surface area contributed by atoms with E-state index in [1.807, 2.05) is 18.2 Å². The van der Waals surface area contributed by atoms with Crippen LogP contribution in [0.3, 0.4) is 0 Å². The van der Waals surface area contributed by atoms with Crippen LogP contribution >= 0.6 is 22.9 Å². The zero-order chi connectivity index (χ0) is 12.3. The van der Waals surface area contributed by atoms with E-state index in [-0.39, 0.29) is 0 Å². The Bertz CT molecular complexity index is 467. The summed E-state index contributed by atoms with van der Waals surface area (Å²) in [6.45, 7) is 4.35. The minimum Gasteiger partial charge on any atom is -0.303 e. The van der Waals surface area contributed by atoms with Gasteiger partial charge in [0.25, 0.3) is 0 Å². The molecule has 1 nitrogen and oxygen atoms in total. The van der Waals surface area contributed by atoms with E-state index in [0.717, 1.165) is 5.02 Å². The molecule has 1 aromatic carbocycles.